The molecule has 0 unspecified atom stereocenters. The zero-order valence-electron chi connectivity index (χ0n) is 13.0. The molecule has 25 heavy (non-hydrogen) atoms. The Bertz CT molecular complexity index is 972. The van der Waals surface area contributed by atoms with Crippen molar-refractivity contribution in [3.05, 3.63) is 53.6 Å². The molecule has 0 fully saturated rings. The normalized spacial score (nSPS) is 10.7. The van der Waals surface area contributed by atoms with Gasteiger partial charge >= 0.3 is 0 Å². The first-order valence-electron chi connectivity index (χ1n) is 7.21. The number of rotatable bonds is 5. The second-order valence-corrected chi connectivity index (χ2v) is 6.20. The van der Waals surface area contributed by atoms with E-state index >= 15 is 0 Å². The summed E-state index contributed by atoms with van der Waals surface area (Å²) in [6, 6.07) is 7.90. The van der Waals surface area contributed by atoms with Crippen LogP contribution in [0.25, 0.3) is 10.2 Å². The topological polar surface area (TPSA) is 68.3 Å². The Labute approximate surface area is 145 Å². The molecule has 1 aromatic heterocycles. The molecule has 3 rings (SSSR count). The highest BCUT2D eigenvalue weighted by Crippen LogP contribution is 2.26. The standard InChI is InChI=1S/C17H12F2N2O3S/c1-9(22)12-4-3-11(7-13(12)19)24-8-16(23)21-17-20-14-5-2-10(18)6-15(14)25-17/h2-7H,8H2,1H3,(H,20,21,23). The van der Waals surface area contributed by atoms with Crippen LogP contribution in [0.15, 0.2) is 36.4 Å². The van der Waals surface area contributed by atoms with Crippen LogP contribution in [0.5, 0.6) is 5.75 Å². The lowest BCUT2D eigenvalue weighted by atomic mass is 10.1. The van der Waals surface area contributed by atoms with Crippen molar-refractivity contribution in [3.63, 3.8) is 0 Å². The Balaban J connectivity index is 1.62. The molecule has 0 aliphatic carbocycles. The first kappa shape index (κ1) is 17.0. The van der Waals surface area contributed by atoms with Crippen molar-refractivity contribution in [1.29, 1.82) is 0 Å². The summed E-state index contributed by atoms with van der Waals surface area (Å²) >= 11 is 1.13. The molecule has 1 amide bonds. The smallest absolute Gasteiger partial charge is 0.264 e. The minimum Gasteiger partial charge on any atom is -0.484 e. The van der Waals surface area contributed by atoms with Crippen LogP contribution in [0, 0.1) is 11.6 Å². The molecular weight excluding hydrogens is 350 g/mol. The lowest BCUT2D eigenvalue weighted by molar-refractivity contribution is -0.118. The third kappa shape index (κ3) is 3.97. The van der Waals surface area contributed by atoms with E-state index in [1.807, 2.05) is 0 Å². The van der Waals surface area contributed by atoms with Crippen molar-refractivity contribution in [2.75, 3.05) is 11.9 Å². The number of fused-ring (bicyclic) bond motifs is 1. The minimum atomic E-state index is -0.710. The van der Waals surface area contributed by atoms with E-state index in [9.17, 15) is 18.4 Å². The number of carbonyl (C=O) groups excluding carboxylic acids is 2. The Hall–Kier alpha value is -2.87. The zero-order chi connectivity index (χ0) is 18.0. The molecule has 8 heteroatoms. The Morgan fingerprint density at radius 3 is 2.72 bits per heavy atom. The van der Waals surface area contributed by atoms with Crippen LogP contribution in [0.3, 0.4) is 0 Å². The number of benzene rings is 2. The highest BCUT2D eigenvalue weighted by molar-refractivity contribution is 7.22. The summed E-state index contributed by atoms with van der Waals surface area (Å²) in [5, 5.41) is 2.85. The summed E-state index contributed by atoms with van der Waals surface area (Å²) in [6.07, 6.45) is 0. The van der Waals surface area contributed by atoms with Crippen LogP contribution < -0.4 is 10.1 Å². The van der Waals surface area contributed by atoms with Gasteiger partial charge in [0.15, 0.2) is 17.5 Å². The van der Waals surface area contributed by atoms with Crippen LogP contribution in [0.4, 0.5) is 13.9 Å². The summed E-state index contributed by atoms with van der Waals surface area (Å²) in [4.78, 5) is 27.2. The predicted octanol–water partition coefficient (Wildman–Crippen LogP) is 3.79. The van der Waals surface area contributed by atoms with E-state index in [0.717, 1.165) is 17.4 Å². The lowest BCUT2D eigenvalue weighted by Gasteiger charge is -2.07. The molecule has 2 aromatic carbocycles. The van der Waals surface area contributed by atoms with Crippen molar-refractivity contribution in [2.24, 2.45) is 0 Å². The van der Waals surface area contributed by atoms with Crippen molar-refractivity contribution in [2.45, 2.75) is 6.92 Å². The van der Waals surface area contributed by atoms with Crippen molar-refractivity contribution in [3.8, 4) is 5.75 Å². The summed E-state index contributed by atoms with van der Waals surface area (Å²) in [6.45, 7) is 0.902. The molecule has 0 atom stereocenters. The third-order valence-corrected chi connectivity index (χ3v) is 4.22. The van der Waals surface area contributed by atoms with E-state index in [1.165, 1.54) is 37.3 Å². The summed E-state index contributed by atoms with van der Waals surface area (Å²) in [5.41, 5.74) is 0.531. The van der Waals surface area contributed by atoms with Crippen molar-refractivity contribution < 1.29 is 23.1 Å². The van der Waals surface area contributed by atoms with Gasteiger partial charge in [0, 0.05) is 6.07 Å². The Morgan fingerprint density at radius 2 is 2.00 bits per heavy atom. The molecule has 0 spiro atoms. The van der Waals surface area contributed by atoms with E-state index in [4.69, 9.17) is 4.74 Å². The van der Waals surface area contributed by atoms with Crippen molar-refractivity contribution in [1.82, 2.24) is 4.98 Å². The molecular formula is C17H12F2N2O3S. The molecule has 3 aromatic rings. The Kier molecular flexibility index (Phi) is 4.71. The fourth-order valence-corrected chi connectivity index (χ4v) is 3.03. The average molecular weight is 362 g/mol. The number of nitrogens with zero attached hydrogens (tertiary/aromatic N) is 1. The summed E-state index contributed by atoms with van der Waals surface area (Å²) in [7, 11) is 0. The van der Waals surface area contributed by atoms with E-state index in [-0.39, 0.29) is 23.7 Å². The van der Waals surface area contributed by atoms with Gasteiger partial charge in [-0.15, -0.1) is 0 Å². The number of anilines is 1. The monoisotopic (exact) mass is 362 g/mol. The van der Waals surface area contributed by atoms with E-state index in [0.29, 0.717) is 15.3 Å². The van der Waals surface area contributed by atoms with Crippen LogP contribution in [0.1, 0.15) is 17.3 Å². The zero-order valence-corrected chi connectivity index (χ0v) is 13.8. The van der Waals surface area contributed by atoms with E-state index in [2.05, 4.69) is 10.3 Å². The molecule has 1 N–H and O–H groups in total. The largest absolute Gasteiger partial charge is 0.484 e. The summed E-state index contributed by atoms with van der Waals surface area (Å²) in [5.74, 6) is -1.85. The number of Topliss-reactive ketones (excluding diaryl/α,β-unsaturated/α-hetero) is 1. The number of thiazole rings is 1. The number of ketones is 1. The fraction of sp³-hybridized carbons (Fsp3) is 0.118. The summed E-state index contributed by atoms with van der Waals surface area (Å²) < 4.78 is 32.6. The van der Waals surface area contributed by atoms with Crippen LogP contribution in [-0.2, 0) is 4.79 Å². The Morgan fingerprint density at radius 1 is 1.20 bits per heavy atom. The number of hydrogen-bond donors (Lipinski definition) is 1. The third-order valence-electron chi connectivity index (χ3n) is 3.29. The van der Waals surface area contributed by atoms with Gasteiger partial charge in [0.1, 0.15) is 17.4 Å². The van der Waals surface area contributed by atoms with Gasteiger partial charge in [0.25, 0.3) is 5.91 Å². The molecule has 0 radical (unpaired) electrons. The first-order chi connectivity index (χ1) is 11.9. The number of nitrogens with one attached hydrogen (secondary N) is 1. The average Bonchev–Trinajstić information content (AvgIpc) is 2.93. The predicted molar refractivity (Wildman–Crippen MR) is 90.1 cm³/mol. The quantitative estimate of drug-likeness (QED) is 0.701. The van der Waals surface area contributed by atoms with Crippen LogP contribution >= 0.6 is 11.3 Å². The van der Waals surface area contributed by atoms with Gasteiger partial charge in [-0.25, -0.2) is 13.8 Å². The maximum absolute atomic E-state index is 13.7. The highest BCUT2D eigenvalue weighted by Gasteiger charge is 2.11. The van der Waals surface area contributed by atoms with Crippen LogP contribution in [-0.4, -0.2) is 23.3 Å². The highest BCUT2D eigenvalue weighted by atomic mass is 32.1. The van der Waals surface area contributed by atoms with Crippen molar-refractivity contribution >= 4 is 38.4 Å². The van der Waals surface area contributed by atoms with E-state index < -0.39 is 17.5 Å². The number of carbonyl (C=O) groups is 2. The SMILES string of the molecule is CC(=O)c1ccc(OCC(=O)Nc2nc3ccc(F)cc3s2)cc1F. The van der Waals surface area contributed by atoms with Gasteiger partial charge < -0.3 is 4.74 Å². The molecule has 1 heterocycles. The maximum Gasteiger partial charge on any atom is 0.264 e. The molecule has 0 bridgehead atoms. The number of amides is 1. The molecule has 0 saturated heterocycles. The second-order valence-electron chi connectivity index (χ2n) is 5.17. The molecule has 0 aliphatic rings. The number of hydrogen-bond acceptors (Lipinski definition) is 5. The first-order valence-corrected chi connectivity index (χ1v) is 8.03. The van der Waals surface area contributed by atoms with Gasteiger partial charge in [0.05, 0.1) is 15.8 Å². The molecule has 0 aliphatic heterocycles. The van der Waals surface area contributed by atoms with Gasteiger partial charge in [0.2, 0.25) is 0 Å². The van der Waals surface area contributed by atoms with Gasteiger partial charge in [-0.1, -0.05) is 11.3 Å². The number of halogens is 2. The number of ether oxygens (including phenoxy) is 1. The van der Waals surface area contributed by atoms with Gasteiger partial charge in [-0.2, -0.15) is 0 Å². The number of aromatic nitrogens is 1. The lowest BCUT2D eigenvalue weighted by Crippen LogP contribution is -2.20. The maximum atomic E-state index is 13.7. The molecule has 128 valence electrons. The fourth-order valence-electron chi connectivity index (χ4n) is 2.13. The second kappa shape index (κ2) is 6.94. The van der Waals surface area contributed by atoms with Crippen LogP contribution in [0.2, 0.25) is 0 Å². The van der Waals surface area contributed by atoms with E-state index in [1.54, 1.807) is 0 Å². The molecule has 5 nitrogen and oxygen atoms in total. The minimum absolute atomic E-state index is 0.0430. The van der Waals surface area contributed by atoms with Gasteiger partial charge in [-0.05, 0) is 37.3 Å². The molecule has 0 saturated carbocycles. The van der Waals surface area contributed by atoms with Gasteiger partial charge in [-0.3, -0.25) is 14.9 Å².